The molecule has 1 spiro atoms. The van der Waals surface area contributed by atoms with Crippen LogP contribution in [0.4, 0.5) is 4.39 Å². The van der Waals surface area contributed by atoms with Gasteiger partial charge in [0.2, 0.25) is 0 Å². The average molecular weight is 460 g/mol. The third-order valence-electron chi connectivity index (χ3n) is 7.17. The van der Waals surface area contributed by atoms with E-state index in [2.05, 4.69) is 72.1 Å². The van der Waals surface area contributed by atoms with Gasteiger partial charge in [0.05, 0.1) is 5.25 Å². The van der Waals surface area contributed by atoms with E-state index in [0.29, 0.717) is 17.2 Å². The highest BCUT2D eigenvalue weighted by molar-refractivity contribution is 8.01. The number of hydrogen-bond acceptors (Lipinski definition) is 3. The van der Waals surface area contributed by atoms with Gasteiger partial charge in [-0.05, 0) is 86.8 Å². The molecule has 1 saturated heterocycles. The number of aryl methyl sites for hydroxylation is 1. The molecule has 3 aromatic carbocycles. The number of thioether (sulfide) groups is 1. The van der Waals surface area contributed by atoms with E-state index in [1.807, 2.05) is 0 Å². The van der Waals surface area contributed by atoms with Gasteiger partial charge in [-0.1, -0.05) is 54.1 Å². The van der Waals surface area contributed by atoms with Crippen LogP contribution in [0.25, 0.3) is 0 Å². The lowest BCUT2D eigenvalue weighted by Crippen LogP contribution is -2.40. The van der Waals surface area contributed by atoms with Gasteiger partial charge in [-0.25, -0.2) is 4.39 Å². The first kappa shape index (κ1) is 22.4. The van der Waals surface area contributed by atoms with Gasteiger partial charge < -0.3 is 4.90 Å². The first-order chi connectivity index (χ1) is 16.0. The molecule has 1 unspecified atom stereocenters. The molecular weight excluding hydrogens is 429 g/mol. The maximum Gasteiger partial charge on any atom is 0.162 e. The summed E-state index contributed by atoms with van der Waals surface area (Å²) in [7, 11) is 0. The van der Waals surface area contributed by atoms with Crippen molar-refractivity contribution in [3.63, 3.8) is 0 Å². The monoisotopic (exact) mass is 459 g/mol. The van der Waals surface area contributed by atoms with Crippen LogP contribution >= 0.6 is 11.8 Å². The van der Waals surface area contributed by atoms with Crippen molar-refractivity contribution in [2.75, 3.05) is 19.6 Å². The fourth-order valence-electron chi connectivity index (χ4n) is 5.25. The summed E-state index contributed by atoms with van der Waals surface area (Å²) in [5.74, 6) is -0.200. The summed E-state index contributed by atoms with van der Waals surface area (Å²) < 4.78 is 13.3. The second-order valence-corrected chi connectivity index (χ2v) is 10.9. The van der Waals surface area contributed by atoms with E-state index in [4.69, 9.17) is 0 Å². The van der Waals surface area contributed by atoms with Crippen LogP contribution in [0.1, 0.15) is 63.5 Å². The lowest BCUT2D eigenvalue weighted by molar-refractivity contribution is 0.0971. The molecule has 0 bridgehead atoms. The highest BCUT2D eigenvalue weighted by atomic mass is 32.2. The molecule has 0 N–H and O–H groups in total. The first-order valence-electron chi connectivity index (χ1n) is 11.9. The predicted molar refractivity (Wildman–Crippen MR) is 134 cm³/mol. The second-order valence-electron chi connectivity index (χ2n) is 9.37. The van der Waals surface area contributed by atoms with Crippen molar-refractivity contribution >= 4 is 17.5 Å². The number of carbonyl (C=O) groups is 1. The maximum absolute atomic E-state index is 13.1. The summed E-state index contributed by atoms with van der Waals surface area (Å²) in [4.78, 5) is 14.9. The van der Waals surface area contributed by atoms with E-state index >= 15 is 0 Å². The minimum atomic E-state index is -0.301. The first-order valence-corrected chi connectivity index (χ1v) is 12.8. The molecule has 0 aromatic heterocycles. The molecule has 170 valence electrons. The Bertz CT molecular complexity index is 1120. The summed E-state index contributed by atoms with van der Waals surface area (Å²) in [6, 6.07) is 23.9. The van der Waals surface area contributed by atoms with Crippen molar-refractivity contribution in [3.8, 4) is 0 Å². The number of ketones is 1. The number of Topliss-reactive ketones (excluding diaryl/α,β-unsaturated/α-hetero) is 1. The molecule has 0 saturated carbocycles. The Hall–Kier alpha value is -2.43. The molecule has 5 rings (SSSR count). The topological polar surface area (TPSA) is 20.3 Å². The molecule has 2 aliphatic heterocycles. The molecular formula is C29H30FNOS. The summed E-state index contributed by atoms with van der Waals surface area (Å²) in [5.41, 5.74) is 6.30. The van der Waals surface area contributed by atoms with Gasteiger partial charge in [0.15, 0.2) is 5.78 Å². The van der Waals surface area contributed by atoms with E-state index in [1.165, 1.54) is 34.4 Å². The van der Waals surface area contributed by atoms with Crippen molar-refractivity contribution in [1.82, 2.24) is 4.90 Å². The van der Waals surface area contributed by atoms with E-state index in [1.54, 1.807) is 12.1 Å². The molecule has 3 aromatic rings. The molecule has 2 aliphatic rings. The largest absolute Gasteiger partial charge is 0.303 e. The van der Waals surface area contributed by atoms with E-state index in [9.17, 15) is 9.18 Å². The Morgan fingerprint density at radius 1 is 1.00 bits per heavy atom. The lowest BCUT2D eigenvalue weighted by Gasteiger charge is -2.39. The van der Waals surface area contributed by atoms with Gasteiger partial charge in [-0.2, -0.15) is 0 Å². The SMILES string of the molecule is Cc1ccc(C2SC3(CCN(CCCC(=O)c4ccc(F)cc4)CC3)c3ccccc32)cc1. The van der Waals surface area contributed by atoms with Gasteiger partial charge in [0.1, 0.15) is 5.82 Å². The molecule has 2 heterocycles. The quantitative estimate of drug-likeness (QED) is 0.373. The highest BCUT2D eigenvalue weighted by Crippen LogP contribution is 2.61. The molecule has 2 nitrogen and oxygen atoms in total. The number of fused-ring (bicyclic) bond motifs is 2. The van der Waals surface area contributed by atoms with Gasteiger partial charge in [-0.3, -0.25) is 4.79 Å². The third-order valence-corrected chi connectivity index (χ3v) is 9.01. The number of halogens is 1. The van der Waals surface area contributed by atoms with Crippen molar-refractivity contribution in [2.24, 2.45) is 0 Å². The predicted octanol–water partition coefficient (Wildman–Crippen LogP) is 6.92. The number of benzene rings is 3. The van der Waals surface area contributed by atoms with Crippen LogP contribution in [0.5, 0.6) is 0 Å². The number of likely N-dealkylation sites (tertiary alicyclic amines) is 1. The fourth-order valence-corrected chi connectivity index (χ4v) is 7.06. The number of piperidine rings is 1. The molecule has 1 fully saturated rings. The van der Waals surface area contributed by atoms with E-state index in [0.717, 1.165) is 38.9 Å². The Balaban J connectivity index is 1.20. The van der Waals surface area contributed by atoms with Gasteiger partial charge >= 0.3 is 0 Å². The van der Waals surface area contributed by atoms with Crippen molar-refractivity contribution in [1.29, 1.82) is 0 Å². The Labute approximate surface area is 200 Å². The zero-order valence-corrected chi connectivity index (χ0v) is 19.9. The van der Waals surface area contributed by atoms with Gasteiger partial charge in [0.25, 0.3) is 0 Å². The number of rotatable bonds is 6. The summed E-state index contributed by atoms with van der Waals surface area (Å²) >= 11 is 2.14. The van der Waals surface area contributed by atoms with Crippen LogP contribution in [0.15, 0.2) is 72.8 Å². The molecule has 33 heavy (non-hydrogen) atoms. The van der Waals surface area contributed by atoms with Crippen molar-refractivity contribution in [2.45, 2.75) is 42.6 Å². The van der Waals surface area contributed by atoms with Crippen LogP contribution < -0.4 is 0 Å². The summed E-state index contributed by atoms with van der Waals surface area (Å²) in [6.45, 7) is 5.21. The minimum Gasteiger partial charge on any atom is -0.303 e. The molecule has 0 radical (unpaired) electrons. The highest BCUT2D eigenvalue weighted by Gasteiger charge is 2.46. The minimum absolute atomic E-state index is 0.102. The Kier molecular flexibility index (Phi) is 6.40. The van der Waals surface area contributed by atoms with Crippen LogP contribution in [0, 0.1) is 12.7 Å². The fraction of sp³-hybridized carbons (Fsp3) is 0.345. The standard InChI is InChI=1S/C29H30FNOS/c1-21-8-10-23(11-9-21)28-25-5-2-3-6-26(25)29(33-28)16-19-31(20-17-29)18-4-7-27(32)22-12-14-24(30)15-13-22/h2-3,5-6,8-15,28H,4,7,16-20H2,1H3. The smallest absolute Gasteiger partial charge is 0.162 e. The van der Waals surface area contributed by atoms with Crippen molar-refractivity contribution < 1.29 is 9.18 Å². The second kappa shape index (κ2) is 9.44. The van der Waals surface area contributed by atoms with Crippen molar-refractivity contribution in [3.05, 3.63) is 106 Å². The van der Waals surface area contributed by atoms with E-state index < -0.39 is 0 Å². The normalized spacial score (nSPS) is 19.5. The van der Waals surface area contributed by atoms with Crippen LogP contribution in [0.3, 0.4) is 0 Å². The molecule has 1 atom stereocenters. The number of hydrogen-bond donors (Lipinski definition) is 0. The molecule has 0 aliphatic carbocycles. The van der Waals surface area contributed by atoms with E-state index in [-0.39, 0.29) is 16.3 Å². The van der Waals surface area contributed by atoms with Gasteiger partial charge in [0, 0.05) is 16.7 Å². The zero-order valence-electron chi connectivity index (χ0n) is 19.1. The number of carbonyl (C=O) groups excluding carboxylic acids is 1. The zero-order chi connectivity index (χ0) is 22.8. The number of nitrogens with zero attached hydrogens (tertiary/aromatic N) is 1. The Morgan fingerprint density at radius 3 is 2.42 bits per heavy atom. The summed E-state index contributed by atoms with van der Waals surface area (Å²) in [5, 5.41) is 0.404. The lowest BCUT2D eigenvalue weighted by atomic mass is 9.84. The van der Waals surface area contributed by atoms with Crippen LogP contribution in [-0.2, 0) is 4.75 Å². The van der Waals surface area contributed by atoms with Crippen LogP contribution in [0.2, 0.25) is 0 Å². The molecule has 0 amide bonds. The van der Waals surface area contributed by atoms with Crippen LogP contribution in [-0.4, -0.2) is 30.3 Å². The molecule has 4 heteroatoms. The van der Waals surface area contributed by atoms with Gasteiger partial charge in [-0.15, -0.1) is 11.8 Å². The summed E-state index contributed by atoms with van der Waals surface area (Å²) in [6.07, 6.45) is 3.64. The third kappa shape index (κ3) is 4.64. The maximum atomic E-state index is 13.1. The average Bonchev–Trinajstić information content (AvgIpc) is 3.15. The Morgan fingerprint density at radius 2 is 1.70 bits per heavy atom.